The van der Waals surface area contributed by atoms with Gasteiger partial charge in [-0.1, -0.05) is 70.2 Å². The molecule has 0 atom stereocenters. The van der Waals surface area contributed by atoms with Crippen molar-refractivity contribution in [2.24, 2.45) is 0 Å². The van der Waals surface area contributed by atoms with Crippen LogP contribution in [0.1, 0.15) is 23.6 Å². The van der Waals surface area contributed by atoms with Gasteiger partial charge in [0.2, 0.25) is 0 Å². The molecule has 0 amide bonds. The molecule has 1 aliphatic heterocycles. The van der Waals surface area contributed by atoms with Crippen LogP contribution in [-0.4, -0.2) is 41.1 Å². The minimum atomic E-state index is 0.386. The number of rotatable bonds is 6. The van der Waals surface area contributed by atoms with Crippen molar-refractivity contribution in [3.8, 4) is 16.2 Å². The molecule has 0 unspecified atom stereocenters. The fraction of sp³-hybridized carbons (Fsp3) is 0.348. The monoisotopic (exact) mass is 442 g/mol. The number of phenolic OH excluding ortho intramolecular Hbond substituents is 1. The van der Waals surface area contributed by atoms with Crippen molar-refractivity contribution in [1.29, 1.82) is 0 Å². The zero-order chi connectivity index (χ0) is 20.2. The third-order valence-electron chi connectivity index (χ3n) is 5.52. The van der Waals surface area contributed by atoms with E-state index in [-0.39, 0.29) is 0 Å². The van der Waals surface area contributed by atoms with Crippen LogP contribution in [0, 0.1) is 3.82 Å². The SMILES string of the molecule is CCc1c(-c2ccc(O)c(CN3CCN(Cc4ccccc4)CC3)c2)ssc1=S. The molecule has 1 aromatic heterocycles. The van der Waals surface area contributed by atoms with Crippen LogP contribution >= 0.6 is 32.9 Å². The molecule has 3 aromatic rings. The van der Waals surface area contributed by atoms with Gasteiger partial charge in [-0.05, 0) is 41.3 Å². The first kappa shape index (κ1) is 20.7. The van der Waals surface area contributed by atoms with Crippen molar-refractivity contribution in [2.45, 2.75) is 26.4 Å². The van der Waals surface area contributed by atoms with E-state index in [1.165, 1.54) is 21.6 Å². The van der Waals surface area contributed by atoms with Crippen LogP contribution in [0.5, 0.6) is 5.75 Å². The van der Waals surface area contributed by atoms with Crippen molar-refractivity contribution < 1.29 is 5.11 Å². The Balaban J connectivity index is 1.42. The summed E-state index contributed by atoms with van der Waals surface area (Å²) in [5.41, 5.74) is 4.82. The Bertz CT molecular complexity index is 1000. The molecule has 1 N–H and O–H groups in total. The molecule has 2 aromatic carbocycles. The first-order valence-electron chi connectivity index (χ1n) is 10.1. The summed E-state index contributed by atoms with van der Waals surface area (Å²) in [6.45, 7) is 8.11. The molecule has 6 heteroatoms. The largest absolute Gasteiger partial charge is 0.508 e. The minimum absolute atomic E-state index is 0.386. The van der Waals surface area contributed by atoms with E-state index in [0.717, 1.165) is 55.1 Å². The van der Waals surface area contributed by atoms with Gasteiger partial charge in [0.1, 0.15) is 9.57 Å². The molecule has 0 spiro atoms. The number of nitrogens with zero attached hydrogens (tertiary/aromatic N) is 2. The van der Waals surface area contributed by atoms with E-state index in [0.29, 0.717) is 5.75 Å². The highest BCUT2D eigenvalue weighted by Crippen LogP contribution is 2.37. The van der Waals surface area contributed by atoms with Gasteiger partial charge in [0.15, 0.2) is 0 Å². The van der Waals surface area contributed by atoms with E-state index >= 15 is 0 Å². The summed E-state index contributed by atoms with van der Waals surface area (Å²) in [7, 11) is 3.43. The van der Waals surface area contributed by atoms with Gasteiger partial charge in [0.05, 0.1) is 4.88 Å². The average molecular weight is 443 g/mol. The number of piperazine rings is 1. The lowest BCUT2D eigenvalue weighted by Crippen LogP contribution is -2.45. The predicted molar refractivity (Wildman–Crippen MR) is 127 cm³/mol. The second kappa shape index (κ2) is 9.49. The summed E-state index contributed by atoms with van der Waals surface area (Å²) in [6, 6.07) is 16.7. The van der Waals surface area contributed by atoms with Crippen molar-refractivity contribution in [1.82, 2.24) is 9.80 Å². The van der Waals surface area contributed by atoms with Crippen LogP contribution in [0.25, 0.3) is 10.4 Å². The van der Waals surface area contributed by atoms with Gasteiger partial charge in [-0.3, -0.25) is 9.80 Å². The van der Waals surface area contributed by atoms with Crippen LogP contribution < -0.4 is 0 Å². The molecule has 4 rings (SSSR count). The van der Waals surface area contributed by atoms with Gasteiger partial charge in [0, 0.05) is 44.8 Å². The van der Waals surface area contributed by atoms with Crippen molar-refractivity contribution >= 4 is 32.9 Å². The maximum Gasteiger partial charge on any atom is 0.120 e. The molecule has 1 fully saturated rings. The van der Waals surface area contributed by atoms with E-state index in [1.54, 1.807) is 20.7 Å². The first-order chi connectivity index (χ1) is 14.1. The Morgan fingerprint density at radius 2 is 1.62 bits per heavy atom. The molecule has 2 heterocycles. The summed E-state index contributed by atoms with van der Waals surface area (Å²) in [4.78, 5) is 6.21. The minimum Gasteiger partial charge on any atom is -0.508 e. The van der Waals surface area contributed by atoms with Crippen LogP contribution in [-0.2, 0) is 19.5 Å². The molecule has 0 aliphatic carbocycles. The molecule has 0 radical (unpaired) electrons. The number of phenols is 1. The molecule has 0 saturated carbocycles. The maximum absolute atomic E-state index is 10.4. The highest BCUT2D eigenvalue weighted by molar-refractivity contribution is 7.80. The Morgan fingerprint density at radius 3 is 2.31 bits per heavy atom. The van der Waals surface area contributed by atoms with E-state index in [4.69, 9.17) is 12.2 Å². The Hall–Kier alpha value is -1.57. The van der Waals surface area contributed by atoms with Crippen LogP contribution in [0.3, 0.4) is 0 Å². The molecule has 152 valence electrons. The summed E-state index contributed by atoms with van der Waals surface area (Å²) >= 11 is 5.49. The van der Waals surface area contributed by atoms with Gasteiger partial charge in [-0.2, -0.15) is 0 Å². The summed E-state index contributed by atoms with van der Waals surface area (Å²) in [5.74, 6) is 0.386. The quantitative estimate of drug-likeness (QED) is 0.386. The molecule has 1 aliphatic rings. The Kier molecular flexibility index (Phi) is 6.77. The highest BCUT2D eigenvalue weighted by Gasteiger charge is 2.19. The summed E-state index contributed by atoms with van der Waals surface area (Å²) < 4.78 is 0.997. The lowest BCUT2D eigenvalue weighted by Gasteiger charge is -2.34. The van der Waals surface area contributed by atoms with E-state index in [1.807, 2.05) is 12.1 Å². The van der Waals surface area contributed by atoms with Gasteiger partial charge in [0.25, 0.3) is 0 Å². The van der Waals surface area contributed by atoms with Gasteiger partial charge < -0.3 is 5.11 Å². The molecule has 3 nitrogen and oxygen atoms in total. The van der Waals surface area contributed by atoms with E-state index in [9.17, 15) is 5.11 Å². The highest BCUT2D eigenvalue weighted by atomic mass is 32.9. The van der Waals surface area contributed by atoms with Gasteiger partial charge in [-0.15, -0.1) is 0 Å². The lowest BCUT2D eigenvalue weighted by atomic mass is 10.0. The zero-order valence-electron chi connectivity index (χ0n) is 16.6. The van der Waals surface area contributed by atoms with Crippen LogP contribution in [0.2, 0.25) is 0 Å². The van der Waals surface area contributed by atoms with Crippen molar-refractivity contribution in [3.63, 3.8) is 0 Å². The van der Waals surface area contributed by atoms with Crippen LogP contribution in [0.15, 0.2) is 48.5 Å². The predicted octanol–water partition coefficient (Wildman–Crippen LogP) is 5.79. The lowest BCUT2D eigenvalue weighted by molar-refractivity contribution is 0.121. The van der Waals surface area contributed by atoms with Crippen molar-refractivity contribution in [2.75, 3.05) is 26.2 Å². The van der Waals surface area contributed by atoms with Crippen LogP contribution in [0.4, 0.5) is 0 Å². The van der Waals surface area contributed by atoms with E-state index < -0.39 is 0 Å². The number of hydrogen-bond donors (Lipinski definition) is 1. The van der Waals surface area contributed by atoms with E-state index in [2.05, 4.69) is 53.1 Å². The number of benzene rings is 2. The Morgan fingerprint density at radius 1 is 0.931 bits per heavy atom. The normalized spacial score (nSPS) is 15.6. The second-order valence-electron chi connectivity index (χ2n) is 7.50. The average Bonchev–Trinajstić information content (AvgIpc) is 3.12. The molecule has 29 heavy (non-hydrogen) atoms. The second-order valence-corrected chi connectivity index (χ2v) is 10.3. The van der Waals surface area contributed by atoms with Gasteiger partial charge >= 0.3 is 0 Å². The Labute approximate surface area is 185 Å². The summed E-state index contributed by atoms with van der Waals surface area (Å²) in [6.07, 6.45) is 0.952. The standard InChI is InChI=1S/C23H26N2OS3/c1-2-20-22(28-29-23(20)27)18-8-9-21(26)19(14-18)16-25-12-10-24(11-13-25)15-17-6-4-3-5-7-17/h3-9,14,26H,2,10-13,15-16H2,1H3. The first-order valence-corrected chi connectivity index (χ1v) is 12.6. The molecular formula is C23H26N2OS3. The fourth-order valence-electron chi connectivity index (χ4n) is 3.84. The third-order valence-corrected chi connectivity index (χ3v) is 8.72. The van der Waals surface area contributed by atoms with Crippen molar-refractivity contribution in [3.05, 3.63) is 69.0 Å². The van der Waals surface area contributed by atoms with Gasteiger partial charge in [-0.25, -0.2) is 0 Å². The molecule has 0 bridgehead atoms. The maximum atomic E-state index is 10.4. The zero-order valence-corrected chi connectivity index (χ0v) is 19.1. The molecule has 1 saturated heterocycles. The number of aromatic hydroxyl groups is 1. The summed E-state index contributed by atoms with van der Waals surface area (Å²) in [5, 5.41) is 10.4. The third kappa shape index (κ3) is 4.95. The number of hydrogen-bond acceptors (Lipinski definition) is 6. The molecular weight excluding hydrogens is 416 g/mol. The fourth-order valence-corrected chi connectivity index (χ4v) is 6.97. The smallest absolute Gasteiger partial charge is 0.120 e. The topological polar surface area (TPSA) is 26.7 Å².